The number of anilines is 1. The van der Waals surface area contributed by atoms with E-state index in [2.05, 4.69) is 10.1 Å². The van der Waals surface area contributed by atoms with Crippen LogP contribution in [0.4, 0.5) is 18.9 Å². The van der Waals surface area contributed by atoms with Crippen molar-refractivity contribution < 1.29 is 22.6 Å². The van der Waals surface area contributed by atoms with Crippen molar-refractivity contribution >= 4 is 5.69 Å². The second kappa shape index (κ2) is 5.95. The van der Waals surface area contributed by atoms with Gasteiger partial charge in [0.1, 0.15) is 0 Å². The van der Waals surface area contributed by atoms with E-state index in [1.807, 2.05) is 0 Å². The van der Waals surface area contributed by atoms with Crippen LogP contribution in [0.1, 0.15) is 12.8 Å². The quantitative estimate of drug-likeness (QED) is 0.903. The Balaban J connectivity index is 1.99. The van der Waals surface area contributed by atoms with E-state index in [0.717, 1.165) is 18.9 Å². The van der Waals surface area contributed by atoms with Gasteiger partial charge in [-0.3, -0.25) is 0 Å². The van der Waals surface area contributed by atoms with Crippen molar-refractivity contribution in [1.29, 1.82) is 0 Å². The molecule has 1 heterocycles. The molecule has 0 atom stereocenters. The predicted octanol–water partition coefficient (Wildman–Crippen LogP) is 3.02. The molecule has 1 aromatic carbocycles. The van der Waals surface area contributed by atoms with Crippen molar-refractivity contribution in [2.24, 2.45) is 0 Å². The summed E-state index contributed by atoms with van der Waals surface area (Å²) in [5, 5.41) is 3.14. The van der Waals surface area contributed by atoms with E-state index < -0.39 is 18.2 Å². The van der Waals surface area contributed by atoms with Gasteiger partial charge in [-0.2, -0.15) is 8.78 Å². The van der Waals surface area contributed by atoms with Crippen LogP contribution in [0.15, 0.2) is 18.2 Å². The molecule has 0 aliphatic carbocycles. The predicted molar refractivity (Wildman–Crippen MR) is 60.5 cm³/mol. The normalized spacial score (nSPS) is 16.9. The number of ether oxygens (including phenoxy) is 2. The average molecular weight is 261 g/mol. The number of hydrogen-bond donors (Lipinski definition) is 1. The first-order chi connectivity index (χ1) is 8.65. The van der Waals surface area contributed by atoms with Crippen molar-refractivity contribution in [2.75, 3.05) is 18.5 Å². The summed E-state index contributed by atoms with van der Waals surface area (Å²) in [7, 11) is 0. The second-order valence-electron chi connectivity index (χ2n) is 4.05. The lowest BCUT2D eigenvalue weighted by Gasteiger charge is -2.24. The summed E-state index contributed by atoms with van der Waals surface area (Å²) in [6.45, 7) is -1.67. The summed E-state index contributed by atoms with van der Waals surface area (Å²) in [6.07, 6.45) is 1.69. The number of alkyl halides is 2. The van der Waals surface area contributed by atoms with E-state index in [0.29, 0.717) is 18.9 Å². The van der Waals surface area contributed by atoms with E-state index in [-0.39, 0.29) is 6.04 Å². The molecule has 0 unspecified atom stereocenters. The minimum atomic E-state index is -3.02. The third-order valence-corrected chi connectivity index (χ3v) is 2.74. The van der Waals surface area contributed by atoms with Crippen LogP contribution in [0.25, 0.3) is 0 Å². The van der Waals surface area contributed by atoms with Crippen LogP contribution >= 0.6 is 0 Å². The van der Waals surface area contributed by atoms with Crippen molar-refractivity contribution in [3.8, 4) is 5.75 Å². The molecule has 0 radical (unpaired) electrons. The van der Waals surface area contributed by atoms with Gasteiger partial charge in [-0.05, 0) is 25.0 Å². The summed E-state index contributed by atoms with van der Waals surface area (Å²) < 4.78 is 46.6. The summed E-state index contributed by atoms with van der Waals surface area (Å²) in [5.41, 5.74) is 0.556. The summed E-state index contributed by atoms with van der Waals surface area (Å²) in [6, 6.07) is 4.10. The molecule has 18 heavy (non-hydrogen) atoms. The molecule has 2 rings (SSSR count). The highest BCUT2D eigenvalue weighted by Gasteiger charge is 2.15. The Kier molecular flexibility index (Phi) is 4.30. The van der Waals surface area contributed by atoms with Gasteiger partial charge in [0, 0.05) is 31.0 Å². The van der Waals surface area contributed by atoms with Crippen molar-refractivity contribution in [2.45, 2.75) is 25.5 Å². The standard InChI is InChI=1S/C12H14F3NO2/c13-10-7-9(1-2-11(10)18-12(14)15)16-8-3-5-17-6-4-8/h1-2,7-8,12,16H,3-6H2. The molecular weight excluding hydrogens is 247 g/mol. The van der Waals surface area contributed by atoms with Crippen molar-refractivity contribution in [3.05, 3.63) is 24.0 Å². The Morgan fingerprint density at radius 1 is 1.28 bits per heavy atom. The minimum Gasteiger partial charge on any atom is -0.432 e. The molecule has 100 valence electrons. The number of hydrogen-bond acceptors (Lipinski definition) is 3. The molecule has 1 fully saturated rings. The molecule has 0 spiro atoms. The van der Waals surface area contributed by atoms with E-state index in [9.17, 15) is 13.2 Å². The maximum atomic E-state index is 13.4. The number of benzene rings is 1. The monoisotopic (exact) mass is 261 g/mol. The summed E-state index contributed by atoms with van der Waals surface area (Å²) in [4.78, 5) is 0. The zero-order valence-electron chi connectivity index (χ0n) is 9.67. The molecule has 0 bridgehead atoms. The Morgan fingerprint density at radius 2 is 2.00 bits per heavy atom. The highest BCUT2D eigenvalue weighted by molar-refractivity contribution is 5.48. The van der Waals surface area contributed by atoms with Gasteiger partial charge in [-0.1, -0.05) is 0 Å². The fourth-order valence-electron chi connectivity index (χ4n) is 1.86. The minimum absolute atomic E-state index is 0.222. The number of nitrogens with one attached hydrogen (secondary N) is 1. The lowest BCUT2D eigenvalue weighted by Crippen LogP contribution is -2.27. The highest BCUT2D eigenvalue weighted by atomic mass is 19.3. The van der Waals surface area contributed by atoms with Crippen molar-refractivity contribution in [1.82, 2.24) is 0 Å². The van der Waals surface area contributed by atoms with Crippen LogP contribution in [0.2, 0.25) is 0 Å². The largest absolute Gasteiger partial charge is 0.432 e. The van der Waals surface area contributed by atoms with Gasteiger partial charge < -0.3 is 14.8 Å². The van der Waals surface area contributed by atoms with E-state index in [1.54, 1.807) is 0 Å². The molecule has 1 aliphatic heterocycles. The van der Waals surface area contributed by atoms with Crippen LogP contribution in [0.5, 0.6) is 5.75 Å². The van der Waals surface area contributed by atoms with E-state index in [1.165, 1.54) is 12.1 Å². The average Bonchev–Trinajstić information content (AvgIpc) is 2.33. The third-order valence-electron chi connectivity index (χ3n) is 2.74. The maximum Gasteiger partial charge on any atom is 0.387 e. The molecule has 0 amide bonds. The lowest BCUT2D eigenvalue weighted by molar-refractivity contribution is -0.0521. The first-order valence-corrected chi connectivity index (χ1v) is 5.74. The smallest absolute Gasteiger partial charge is 0.387 e. The van der Waals surface area contributed by atoms with Crippen LogP contribution in [0, 0.1) is 5.82 Å². The van der Waals surface area contributed by atoms with Crippen molar-refractivity contribution in [3.63, 3.8) is 0 Å². The van der Waals surface area contributed by atoms with Crippen LogP contribution in [-0.2, 0) is 4.74 Å². The zero-order valence-corrected chi connectivity index (χ0v) is 9.67. The molecular formula is C12H14F3NO2. The van der Waals surface area contributed by atoms with Gasteiger partial charge in [-0.15, -0.1) is 0 Å². The Morgan fingerprint density at radius 3 is 2.61 bits per heavy atom. The highest BCUT2D eigenvalue weighted by Crippen LogP contribution is 2.24. The van der Waals surface area contributed by atoms with E-state index >= 15 is 0 Å². The molecule has 1 aliphatic rings. The Labute approximate surface area is 103 Å². The first kappa shape index (κ1) is 13.0. The lowest BCUT2D eigenvalue weighted by atomic mass is 10.1. The van der Waals surface area contributed by atoms with Gasteiger partial charge >= 0.3 is 6.61 Å². The Bertz CT molecular complexity index is 395. The van der Waals surface area contributed by atoms with Gasteiger partial charge in [0.05, 0.1) is 0 Å². The fourth-order valence-corrected chi connectivity index (χ4v) is 1.86. The molecule has 6 heteroatoms. The molecule has 3 nitrogen and oxygen atoms in total. The number of rotatable bonds is 4. The zero-order chi connectivity index (χ0) is 13.0. The van der Waals surface area contributed by atoms with E-state index in [4.69, 9.17) is 4.74 Å². The second-order valence-corrected chi connectivity index (χ2v) is 4.05. The topological polar surface area (TPSA) is 30.5 Å². The van der Waals surface area contributed by atoms with Crippen LogP contribution in [0.3, 0.4) is 0 Å². The maximum absolute atomic E-state index is 13.4. The first-order valence-electron chi connectivity index (χ1n) is 5.74. The van der Waals surface area contributed by atoms with Gasteiger partial charge in [0.15, 0.2) is 11.6 Å². The number of halogens is 3. The molecule has 1 N–H and O–H groups in total. The van der Waals surface area contributed by atoms with Gasteiger partial charge in [0.25, 0.3) is 0 Å². The summed E-state index contributed by atoms with van der Waals surface area (Å²) in [5.74, 6) is -1.24. The van der Waals surface area contributed by atoms with Crippen LogP contribution < -0.4 is 10.1 Å². The Hall–Kier alpha value is -1.43. The van der Waals surface area contributed by atoms with Gasteiger partial charge in [0.2, 0.25) is 0 Å². The fraction of sp³-hybridized carbons (Fsp3) is 0.500. The molecule has 0 saturated carbocycles. The molecule has 1 saturated heterocycles. The third kappa shape index (κ3) is 3.53. The molecule has 0 aromatic heterocycles. The SMILES string of the molecule is Fc1cc(NC2CCOCC2)ccc1OC(F)F. The molecule has 1 aromatic rings. The summed E-state index contributed by atoms with van der Waals surface area (Å²) >= 11 is 0. The van der Waals surface area contributed by atoms with Gasteiger partial charge in [-0.25, -0.2) is 4.39 Å². The van der Waals surface area contributed by atoms with Crippen LogP contribution in [-0.4, -0.2) is 25.9 Å².